The van der Waals surface area contributed by atoms with Crippen LogP contribution >= 0.6 is 11.6 Å². The van der Waals surface area contributed by atoms with E-state index in [2.05, 4.69) is 0 Å². The van der Waals surface area contributed by atoms with Gasteiger partial charge in [0.25, 0.3) is 11.8 Å². The van der Waals surface area contributed by atoms with E-state index < -0.39 is 0 Å². The zero-order chi connectivity index (χ0) is 16.4. The number of hydrogen-bond donors (Lipinski definition) is 0. The van der Waals surface area contributed by atoms with E-state index in [1.165, 1.54) is 4.90 Å². The van der Waals surface area contributed by atoms with Crippen molar-refractivity contribution < 1.29 is 14.3 Å². The first-order chi connectivity index (χ1) is 11.1. The summed E-state index contributed by atoms with van der Waals surface area (Å²) in [5.74, 6) is -0.116. The molecule has 0 fully saturated rings. The second-order valence-electron chi connectivity index (χ2n) is 5.48. The van der Waals surface area contributed by atoms with Crippen LogP contribution in [0.5, 0.6) is 5.75 Å². The van der Waals surface area contributed by atoms with Crippen molar-refractivity contribution in [2.45, 2.75) is 32.1 Å². The molecule has 0 saturated carbocycles. The van der Waals surface area contributed by atoms with E-state index in [0.29, 0.717) is 40.4 Å². The van der Waals surface area contributed by atoms with Crippen LogP contribution < -0.4 is 9.64 Å². The second kappa shape index (κ2) is 6.43. The van der Waals surface area contributed by atoms with Crippen molar-refractivity contribution in [3.8, 4) is 11.8 Å². The number of hydrogen-bond acceptors (Lipinski definition) is 4. The molecule has 1 heterocycles. The van der Waals surface area contributed by atoms with Gasteiger partial charge in [-0.3, -0.25) is 9.59 Å². The van der Waals surface area contributed by atoms with Gasteiger partial charge in [-0.2, -0.15) is 5.26 Å². The lowest BCUT2D eigenvalue weighted by atomic mass is 9.93. The van der Waals surface area contributed by atoms with E-state index in [1.54, 1.807) is 18.2 Å². The topological polar surface area (TPSA) is 70.4 Å². The Kier molecular flexibility index (Phi) is 4.35. The molecule has 0 spiro atoms. The highest BCUT2D eigenvalue weighted by molar-refractivity contribution is 6.34. The van der Waals surface area contributed by atoms with Gasteiger partial charge >= 0.3 is 0 Å². The van der Waals surface area contributed by atoms with Crippen LogP contribution in [0, 0.1) is 11.3 Å². The lowest BCUT2D eigenvalue weighted by Crippen LogP contribution is -2.31. The minimum absolute atomic E-state index is 0.205. The minimum atomic E-state index is -0.241. The number of ether oxygens (including phenoxy) is 1. The van der Waals surface area contributed by atoms with Crippen LogP contribution in [0.3, 0.4) is 0 Å². The molecule has 118 valence electrons. The average molecular weight is 331 g/mol. The highest BCUT2D eigenvalue weighted by Gasteiger charge is 2.39. The number of benzene rings is 1. The highest BCUT2D eigenvalue weighted by Crippen LogP contribution is 2.37. The van der Waals surface area contributed by atoms with Crippen LogP contribution in [-0.4, -0.2) is 18.4 Å². The first-order valence-electron chi connectivity index (χ1n) is 7.53. The third-order valence-corrected chi connectivity index (χ3v) is 4.35. The SMILES string of the molecule is N#CCCOc1cc(N2C(=O)C3=C(CCCC3)C2=O)ccc1Cl. The van der Waals surface area contributed by atoms with Crippen LogP contribution in [0.25, 0.3) is 0 Å². The summed E-state index contributed by atoms with van der Waals surface area (Å²) < 4.78 is 5.45. The highest BCUT2D eigenvalue weighted by atomic mass is 35.5. The van der Waals surface area contributed by atoms with E-state index in [1.807, 2.05) is 6.07 Å². The summed E-state index contributed by atoms with van der Waals surface area (Å²) in [6.45, 7) is 0.205. The molecule has 23 heavy (non-hydrogen) atoms. The van der Waals surface area contributed by atoms with Gasteiger partial charge in [-0.1, -0.05) is 11.6 Å². The number of carbonyl (C=O) groups excluding carboxylic acids is 2. The number of imide groups is 1. The Balaban J connectivity index is 1.88. The van der Waals surface area contributed by atoms with E-state index in [9.17, 15) is 9.59 Å². The zero-order valence-electron chi connectivity index (χ0n) is 12.5. The van der Waals surface area contributed by atoms with Gasteiger partial charge in [0.15, 0.2) is 0 Å². The molecule has 5 nitrogen and oxygen atoms in total. The van der Waals surface area contributed by atoms with Crippen molar-refractivity contribution in [1.82, 2.24) is 0 Å². The van der Waals surface area contributed by atoms with Crippen LogP contribution in [0.2, 0.25) is 5.02 Å². The smallest absolute Gasteiger partial charge is 0.261 e. The van der Waals surface area contributed by atoms with Gasteiger partial charge in [0.2, 0.25) is 0 Å². The summed E-state index contributed by atoms with van der Waals surface area (Å²) >= 11 is 6.07. The maximum Gasteiger partial charge on any atom is 0.261 e. The summed E-state index contributed by atoms with van der Waals surface area (Å²) in [6.07, 6.45) is 3.44. The van der Waals surface area contributed by atoms with Crippen molar-refractivity contribution in [2.24, 2.45) is 0 Å². The fourth-order valence-electron chi connectivity index (χ4n) is 2.92. The molecule has 1 aromatic carbocycles. The molecule has 0 N–H and O–H groups in total. The van der Waals surface area contributed by atoms with Crippen molar-refractivity contribution in [1.29, 1.82) is 5.26 Å². The lowest BCUT2D eigenvalue weighted by Gasteiger charge is -2.17. The van der Waals surface area contributed by atoms with E-state index in [0.717, 1.165) is 12.8 Å². The van der Waals surface area contributed by atoms with Gasteiger partial charge in [-0.15, -0.1) is 0 Å². The van der Waals surface area contributed by atoms with Crippen LogP contribution in [-0.2, 0) is 9.59 Å². The molecule has 2 amide bonds. The van der Waals surface area contributed by atoms with Crippen molar-refractivity contribution in [2.75, 3.05) is 11.5 Å². The number of amides is 2. The summed E-state index contributed by atoms with van der Waals surface area (Å²) in [5, 5.41) is 8.94. The quantitative estimate of drug-likeness (QED) is 0.627. The molecule has 1 aliphatic carbocycles. The molecule has 1 aliphatic heterocycles. The van der Waals surface area contributed by atoms with Gasteiger partial charge in [0, 0.05) is 17.2 Å². The maximum atomic E-state index is 12.5. The van der Waals surface area contributed by atoms with Gasteiger partial charge in [0.1, 0.15) is 12.4 Å². The summed E-state index contributed by atoms with van der Waals surface area (Å²) in [5.41, 5.74) is 1.73. The molecule has 0 radical (unpaired) electrons. The third kappa shape index (κ3) is 2.82. The Hall–Kier alpha value is -2.32. The number of nitrogens with zero attached hydrogens (tertiary/aromatic N) is 2. The zero-order valence-corrected chi connectivity index (χ0v) is 13.2. The van der Waals surface area contributed by atoms with E-state index >= 15 is 0 Å². The lowest BCUT2D eigenvalue weighted by molar-refractivity contribution is -0.120. The fourth-order valence-corrected chi connectivity index (χ4v) is 3.09. The van der Waals surface area contributed by atoms with E-state index in [4.69, 9.17) is 21.6 Å². The molecule has 0 atom stereocenters. The van der Waals surface area contributed by atoms with E-state index in [-0.39, 0.29) is 24.8 Å². The Morgan fingerprint density at radius 3 is 2.43 bits per heavy atom. The predicted molar refractivity (Wildman–Crippen MR) is 85.2 cm³/mol. The maximum absolute atomic E-state index is 12.5. The Bertz CT molecular complexity index is 721. The molecular formula is C17H15ClN2O3. The Labute approximate surface area is 139 Å². The average Bonchev–Trinajstić information content (AvgIpc) is 2.82. The molecule has 0 aromatic heterocycles. The van der Waals surface area contributed by atoms with Crippen LogP contribution in [0.4, 0.5) is 5.69 Å². The normalized spacial score (nSPS) is 17.3. The van der Waals surface area contributed by atoms with Crippen LogP contribution in [0.15, 0.2) is 29.3 Å². The number of carbonyl (C=O) groups is 2. The molecular weight excluding hydrogens is 316 g/mol. The first-order valence-corrected chi connectivity index (χ1v) is 7.91. The van der Waals surface area contributed by atoms with Crippen molar-refractivity contribution in [3.63, 3.8) is 0 Å². The van der Waals surface area contributed by atoms with Crippen LogP contribution in [0.1, 0.15) is 32.1 Å². The minimum Gasteiger partial charge on any atom is -0.491 e. The number of nitriles is 1. The first kappa shape index (κ1) is 15.6. The second-order valence-corrected chi connectivity index (χ2v) is 5.89. The third-order valence-electron chi connectivity index (χ3n) is 4.03. The largest absolute Gasteiger partial charge is 0.491 e. The fraction of sp³-hybridized carbons (Fsp3) is 0.353. The standard InChI is InChI=1S/C17H15ClN2O3/c18-14-7-6-11(10-15(14)23-9-3-8-19)20-16(21)12-4-1-2-5-13(12)17(20)22/h6-7,10H,1-5,9H2. The molecule has 0 saturated heterocycles. The summed E-state index contributed by atoms with van der Waals surface area (Å²) in [6, 6.07) is 6.79. The molecule has 0 bridgehead atoms. The Morgan fingerprint density at radius 2 is 1.83 bits per heavy atom. The van der Waals surface area contributed by atoms with Gasteiger partial charge in [-0.05, 0) is 37.8 Å². The molecule has 1 aromatic rings. The number of anilines is 1. The monoisotopic (exact) mass is 330 g/mol. The van der Waals surface area contributed by atoms with Crippen molar-refractivity contribution in [3.05, 3.63) is 34.4 Å². The Morgan fingerprint density at radius 1 is 1.17 bits per heavy atom. The molecule has 0 unspecified atom stereocenters. The number of halogens is 1. The molecule has 3 rings (SSSR count). The molecule has 2 aliphatic rings. The van der Waals surface area contributed by atoms with Crippen molar-refractivity contribution >= 4 is 29.1 Å². The summed E-state index contributed by atoms with van der Waals surface area (Å²) in [7, 11) is 0. The summed E-state index contributed by atoms with van der Waals surface area (Å²) in [4.78, 5) is 26.3. The number of rotatable bonds is 4. The van der Waals surface area contributed by atoms with Gasteiger partial charge in [0.05, 0.1) is 23.2 Å². The van der Waals surface area contributed by atoms with Gasteiger partial charge in [-0.25, -0.2) is 4.90 Å². The predicted octanol–water partition coefficient (Wildman–Crippen LogP) is 3.38. The van der Waals surface area contributed by atoms with Gasteiger partial charge < -0.3 is 4.74 Å². The molecule has 6 heteroatoms.